The lowest BCUT2D eigenvalue weighted by molar-refractivity contribution is -0.384. The van der Waals surface area contributed by atoms with Crippen LogP contribution >= 0.6 is 0 Å². The van der Waals surface area contributed by atoms with Gasteiger partial charge in [0.05, 0.1) is 29.2 Å². The van der Waals surface area contributed by atoms with Crippen LogP contribution in [0.15, 0.2) is 42.5 Å². The number of hydrogen-bond donors (Lipinski definition) is 1. The van der Waals surface area contributed by atoms with Gasteiger partial charge in [0.15, 0.2) is 6.61 Å². The molecule has 0 spiro atoms. The number of nitrogens with zero attached hydrogens (tertiary/aromatic N) is 1. The molecule has 0 aliphatic heterocycles. The van der Waals surface area contributed by atoms with Gasteiger partial charge in [0, 0.05) is 6.07 Å². The van der Waals surface area contributed by atoms with Crippen molar-refractivity contribution in [3.8, 4) is 5.75 Å². The van der Waals surface area contributed by atoms with Gasteiger partial charge in [0.25, 0.3) is 11.6 Å². The van der Waals surface area contributed by atoms with Crippen molar-refractivity contribution in [3.63, 3.8) is 0 Å². The Morgan fingerprint density at radius 3 is 2.43 bits per heavy atom. The molecule has 158 valence electrons. The highest BCUT2D eigenvalue weighted by Crippen LogP contribution is 2.42. The first-order chi connectivity index (χ1) is 14.4. The lowest BCUT2D eigenvalue weighted by Crippen LogP contribution is -2.36. The predicted octanol–water partition coefficient (Wildman–Crippen LogP) is 3.74. The zero-order valence-electron chi connectivity index (χ0n) is 16.4. The Bertz CT molecular complexity index is 954. The summed E-state index contributed by atoms with van der Waals surface area (Å²) in [7, 11) is 1.32. The summed E-state index contributed by atoms with van der Waals surface area (Å²) in [4.78, 5) is 35.4. The summed E-state index contributed by atoms with van der Waals surface area (Å²) >= 11 is 0. The van der Waals surface area contributed by atoms with Crippen LogP contribution in [0, 0.1) is 15.9 Å². The lowest BCUT2D eigenvalue weighted by Gasteiger charge is -2.27. The first-order valence-corrected chi connectivity index (χ1v) is 9.41. The van der Waals surface area contributed by atoms with E-state index in [0.29, 0.717) is 18.4 Å². The molecule has 0 heterocycles. The SMILES string of the molecule is COc1cc([N+](=O)[O-])ccc1NC(=O)COC(=O)C1(c2ccc(F)cc2)CCCC1. The molecule has 1 fully saturated rings. The van der Waals surface area contributed by atoms with Gasteiger partial charge in [-0.25, -0.2) is 4.39 Å². The standard InChI is InChI=1S/C21H21FN2O6/c1-29-18-12-16(24(27)28)8-9-17(18)23-19(25)13-30-20(26)21(10-2-3-11-21)14-4-6-15(22)7-5-14/h4-9,12H,2-3,10-11,13H2,1H3,(H,23,25). The molecule has 1 amide bonds. The first kappa shape index (κ1) is 21.2. The molecule has 1 aliphatic rings. The first-order valence-electron chi connectivity index (χ1n) is 9.41. The number of amides is 1. The van der Waals surface area contributed by atoms with Gasteiger partial charge in [-0.2, -0.15) is 0 Å². The minimum absolute atomic E-state index is 0.113. The van der Waals surface area contributed by atoms with Crippen LogP contribution < -0.4 is 10.1 Å². The molecule has 3 rings (SSSR count). The Morgan fingerprint density at radius 1 is 1.17 bits per heavy atom. The molecule has 0 atom stereocenters. The number of methoxy groups -OCH3 is 1. The molecule has 30 heavy (non-hydrogen) atoms. The number of anilines is 1. The monoisotopic (exact) mass is 416 g/mol. The molecule has 1 saturated carbocycles. The van der Waals surface area contributed by atoms with E-state index in [1.807, 2.05) is 0 Å². The van der Waals surface area contributed by atoms with Crippen LogP contribution in [-0.2, 0) is 19.7 Å². The number of nitrogens with one attached hydrogen (secondary N) is 1. The fraction of sp³-hybridized carbons (Fsp3) is 0.333. The quantitative estimate of drug-likeness (QED) is 0.419. The lowest BCUT2D eigenvalue weighted by atomic mass is 9.79. The van der Waals surface area contributed by atoms with Gasteiger partial charge in [0.1, 0.15) is 11.6 Å². The number of nitro groups is 1. The second-order valence-electron chi connectivity index (χ2n) is 7.06. The van der Waals surface area contributed by atoms with E-state index in [1.54, 1.807) is 12.1 Å². The Morgan fingerprint density at radius 2 is 1.83 bits per heavy atom. The van der Waals surface area contributed by atoms with Crippen LogP contribution in [0.2, 0.25) is 0 Å². The highest BCUT2D eigenvalue weighted by molar-refractivity contribution is 5.95. The molecule has 0 saturated heterocycles. The van der Waals surface area contributed by atoms with Gasteiger partial charge >= 0.3 is 5.97 Å². The molecule has 9 heteroatoms. The maximum absolute atomic E-state index is 13.3. The van der Waals surface area contributed by atoms with E-state index in [0.717, 1.165) is 12.8 Å². The Kier molecular flexibility index (Phi) is 6.29. The average molecular weight is 416 g/mol. The fourth-order valence-corrected chi connectivity index (χ4v) is 3.71. The predicted molar refractivity (Wildman–Crippen MR) is 106 cm³/mol. The highest BCUT2D eigenvalue weighted by Gasteiger charge is 2.44. The van der Waals surface area contributed by atoms with Crippen LogP contribution in [0.4, 0.5) is 15.8 Å². The summed E-state index contributed by atoms with van der Waals surface area (Å²) in [5, 5.41) is 13.4. The van der Waals surface area contributed by atoms with Crippen LogP contribution in [0.25, 0.3) is 0 Å². The fourth-order valence-electron chi connectivity index (χ4n) is 3.71. The molecule has 1 aliphatic carbocycles. The van der Waals surface area contributed by atoms with Gasteiger partial charge in [-0.3, -0.25) is 19.7 Å². The molecule has 0 unspecified atom stereocenters. The van der Waals surface area contributed by atoms with Gasteiger partial charge < -0.3 is 14.8 Å². The number of benzene rings is 2. The molecule has 2 aromatic rings. The van der Waals surface area contributed by atoms with E-state index in [4.69, 9.17) is 9.47 Å². The van der Waals surface area contributed by atoms with Crippen molar-refractivity contribution >= 4 is 23.3 Å². The minimum Gasteiger partial charge on any atom is -0.494 e. The molecule has 8 nitrogen and oxygen atoms in total. The third kappa shape index (κ3) is 4.40. The van der Waals surface area contributed by atoms with E-state index in [2.05, 4.69) is 5.32 Å². The number of nitro benzene ring substituents is 1. The van der Waals surface area contributed by atoms with E-state index in [-0.39, 0.29) is 17.1 Å². The van der Waals surface area contributed by atoms with Crippen LogP contribution in [0.1, 0.15) is 31.2 Å². The molecule has 0 radical (unpaired) electrons. The summed E-state index contributed by atoms with van der Waals surface area (Å²) in [6.45, 7) is -0.526. The van der Waals surface area contributed by atoms with Crippen LogP contribution in [0.3, 0.4) is 0 Å². The van der Waals surface area contributed by atoms with Crippen molar-refractivity contribution in [3.05, 3.63) is 64.0 Å². The molecule has 2 aromatic carbocycles. The number of rotatable bonds is 7. The Hall–Kier alpha value is -3.49. The van der Waals surface area contributed by atoms with E-state index in [1.165, 1.54) is 37.4 Å². The van der Waals surface area contributed by atoms with Crippen LogP contribution in [0.5, 0.6) is 5.75 Å². The summed E-state index contributed by atoms with van der Waals surface area (Å²) in [5.41, 5.74) is -0.181. The number of ether oxygens (including phenoxy) is 2. The number of carbonyl (C=O) groups excluding carboxylic acids is 2. The number of carbonyl (C=O) groups is 2. The molecular weight excluding hydrogens is 395 g/mol. The van der Waals surface area contributed by atoms with Crippen molar-refractivity contribution in [1.29, 1.82) is 0 Å². The summed E-state index contributed by atoms with van der Waals surface area (Å²) in [5.74, 6) is -1.42. The topological polar surface area (TPSA) is 108 Å². The summed E-state index contributed by atoms with van der Waals surface area (Å²) in [6.07, 6.45) is 2.79. The average Bonchev–Trinajstić information content (AvgIpc) is 3.23. The second-order valence-corrected chi connectivity index (χ2v) is 7.06. The van der Waals surface area contributed by atoms with E-state index in [9.17, 15) is 24.1 Å². The molecule has 0 bridgehead atoms. The van der Waals surface area contributed by atoms with Crippen molar-refractivity contribution < 1.29 is 28.4 Å². The van der Waals surface area contributed by atoms with Crippen LogP contribution in [-0.4, -0.2) is 30.5 Å². The summed E-state index contributed by atoms with van der Waals surface area (Å²) in [6, 6.07) is 9.50. The number of halogens is 1. The molecule has 1 N–H and O–H groups in total. The normalized spacial score (nSPS) is 14.7. The van der Waals surface area contributed by atoms with Gasteiger partial charge in [0.2, 0.25) is 0 Å². The van der Waals surface area contributed by atoms with E-state index < -0.39 is 34.6 Å². The number of hydrogen-bond acceptors (Lipinski definition) is 6. The summed E-state index contributed by atoms with van der Waals surface area (Å²) < 4.78 is 23.6. The third-order valence-electron chi connectivity index (χ3n) is 5.25. The minimum atomic E-state index is -0.890. The largest absolute Gasteiger partial charge is 0.494 e. The van der Waals surface area contributed by atoms with E-state index >= 15 is 0 Å². The molecular formula is C21H21FN2O6. The third-order valence-corrected chi connectivity index (χ3v) is 5.25. The van der Waals surface area contributed by atoms with Crippen molar-refractivity contribution in [2.75, 3.05) is 19.0 Å². The van der Waals surface area contributed by atoms with Gasteiger partial charge in [-0.1, -0.05) is 25.0 Å². The second kappa shape index (κ2) is 8.89. The van der Waals surface area contributed by atoms with Gasteiger partial charge in [-0.05, 0) is 36.6 Å². The van der Waals surface area contributed by atoms with Crippen molar-refractivity contribution in [2.45, 2.75) is 31.1 Å². The maximum atomic E-state index is 13.3. The zero-order chi connectivity index (χ0) is 21.7. The van der Waals surface area contributed by atoms with Gasteiger partial charge in [-0.15, -0.1) is 0 Å². The Labute approximate surface area is 172 Å². The zero-order valence-corrected chi connectivity index (χ0v) is 16.4. The number of non-ortho nitro benzene ring substituents is 1. The number of esters is 1. The van der Waals surface area contributed by atoms with Crippen molar-refractivity contribution in [2.24, 2.45) is 0 Å². The molecule has 0 aromatic heterocycles. The highest BCUT2D eigenvalue weighted by atomic mass is 19.1. The van der Waals surface area contributed by atoms with Crippen molar-refractivity contribution in [1.82, 2.24) is 0 Å². The smallest absolute Gasteiger partial charge is 0.317 e. The Balaban J connectivity index is 1.67. The maximum Gasteiger partial charge on any atom is 0.317 e.